The number of piperidine rings is 1. The third-order valence-electron chi connectivity index (χ3n) is 4.03. The minimum Gasteiger partial charge on any atom is -0.481 e. The van der Waals surface area contributed by atoms with Gasteiger partial charge < -0.3 is 15.0 Å². The zero-order chi connectivity index (χ0) is 16.1. The number of carbonyl (C=O) groups is 1. The fraction of sp³-hybridized carbons (Fsp3) is 0.333. The molecule has 1 aliphatic rings. The Hall–Kier alpha value is -2.40. The highest BCUT2D eigenvalue weighted by atomic mass is 16.5. The second-order valence-corrected chi connectivity index (χ2v) is 5.57. The van der Waals surface area contributed by atoms with Crippen molar-refractivity contribution in [2.24, 2.45) is 0 Å². The molecule has 1 amide bonds. The maximum absolute atomic E-state index is 12.7. The van der Waals surface area contributed by atoms with Crippen LogP contribution in [-0.2, 0) is 11.3 Å². The van der Waals surface area contributed by atoms with Gasteiger partial charge >= 0.3 is 0 Å². The molecule has 3 rings (SSSR count). The summed E-state index contributed by atoms with van der Waals surface area (Å²) in [5.41, 5.74) is 1.83. The van der Waals surface area contributed by atoms with Crippen LogP contribution in [0.25, 0.3) is 0 Å². The second kappa shape index (κ2) is 7.24. The van der Waals surface area contributed by atoms with E-state index in [1.54, 1.807) is 7.11 Å². The minimum atomic E-state index is -0.169. The molecule has 2 heterocycles. The van der Waals surface area contributed by atoms with Gasteiger partial charge in [-0.3, -0.25) is 4.79 Å². The Bertz CT molecular complexity index is 660. The Kier molecular flexibility index (Phi) is 4.88. The van der Waals surface area contributed by atoms with E-state index in [9.17, 15) is 4.79 Å². The van der Waals surface area contributed by atoms with Crippen LogP contribution >= 0.6 is 0 Å². The SMILES string of the molecule is COc1cccc(CNC2CCCN(c3ccccc3)C2=O)n1. The molecule has 1 aromatic carbocycles. The summed E-state index contributed by atoms with van der Waals surface area (Å²) in [4.78, 5) is 18.9. The molecule has 2 aromatic rings. The lowest BCUT2D eigenvalue weighted by Gasteiger charge is -2.32. The van der Waals surface area contributed by atoms with Crippen LogP contribution in [0.2, 0.25) is 0 Å². The molecule has 1 saturated heterocycles. The van der Waals surface area contributed by atoms with Crippen molar-refractivity contribution in [3.05, 3.63) is 54.2 Å². The van der Waals surface area contributed by atoms with E-state index in [-0.39, 0.29) is 11.9 Å². The Morgan fingerprint density at radius 2 is 2.04 bits per heavy atom. The molecule has 5 heteroatoms. The van der Waals surface area contributed by atoms with Crippen molar-refractivity contribution in [3.8, 4) is 5.88 Å². The maximum Gasteiger partial charge on any atom is 0.244 e. The van der Waals surface area contributed by atoms with Crippen molar-refractivity contribution >= 4 is 11.6 Å². The molecule has 0 aliphatic carbocycles. The molecule has 0 saturated carbocycles. The van der Waals surface area contributed by atoms with E-state index < -0.39 is 0 Å². The van der Waals surface area contributed by atoms with Crippen molar-refractivity contribution in [1.29, 1.82) is 0 Å². The highest BCUT2D eigenvalue weighted by Gasteiger charge is 2.29. The number of pyridine rings is 1. The highest BCUT2D eigenvalue weighted by molar-refractivity contribution is 5.97. The van der Waals surface area contributed by atoms with Crippen LogP contribution in [0, 0.1) is 0 Å². The van der Waals surface area contributed by atoms with Gasteiger partial charge in [-0.05, 0) is 31.0 Å². The topological polar surface area (TPSA) is 54.5 Å². The van der Waals surface area contributed by atoms with E-state index in [0.29, 0.717) is 12.4 Å². The standard InChI is InChI=1S/C18H21N3O2/c1-23-17-11-5-7-14(20-17)13-19-16-10-6-12-21(18(16)22)15-8-3-2-4-9-15/h2-5,7-9,11,16,19H,6,10,12-13H2,1H3. The third kappa shape index (κ3) is 3.68. The monoisotopic (exact) mass is 311 g/mol. The quantitative estimate of drug-likeness (QED) is 0.921. The van der Waals surface area contributed by atoms with Crippen LogP contribution in [0.3, 0.4) is 0 Å². The number of amides is 1. The van der Waals surface area contributed by atoms with Crippen molar-refractivity contribution < 1.29 is 9.53 Å². The van der Waals surface area contributed by atoms with E-state index in [4.69, 9.17) is 4.74 Å². The van der Waals surface area contributed by atoms with E-state index in [1.807, 2.05) is 53.4 Å². The molecule has 0 bridgehead atoms. The Morgan fingerprint density at radius 1 is 1.22 bits per heavy atom. The number of para-hydroxylation sites is 1. The zero-order valence-electron chi connectivity index (χ0n) is 13.2. The summed E-state index contributed by atoms with van der Waals surface area (Å²) in [6.07, 6.45) is 1.84. The number of carbonyl (C=O) groups excluding carboxylic acids is 1. The first-order valence-corrected chi connectivity index (χ1v) is 7.87. The molecule has 0 spiro atoms. The van der Waals surface area contributed by atoms with Gasteiger partial charge in [0.2, 0.25) is 11.8 Å². The number of nitrogens with one attached hydrogen (secondary N) is 1. The van der Waals surface area contributed by atoms with Crippen molar-refractivity contribution in [2.45, 2.75) is 25.4 Å². The lowest BCUT2D eigenvalue weighted by Crippen LogP contribution is -2.50. The summed E-state index contributed by atoms with van der Waals surface area (Å²) in [5, 5.41) is 3.33. The van der Waals surface area contributed by atoms with Gasteiger partial charge in [-0.15, -0.1) is 0 Å². The fourth-order valence-electron chi connectivity index (χ4n) is 2.83. The summed E-state index contributed by atoms with van der Waals surface area (Å²) in [7, 11) is 1.60. The van der Waals surface area contributed by atoms with Crippen LogP contribution in [0.15, 0.2) is 48.5 Å². The smallest absolute Gasteiger partial charge is 0.244 e. The summed E-state index contributed by atoms with van der Waals surface area (Å²) >= 11 is 0. The summed E-state index contributed by atoms with van der Waals surface area (Å²) in [5.74, 6) is 0.718. The predicted molar refractivity (Wildman–Crippen MR) is 89.4 cm³/mol. The lowest BCUT2D eigenvalue weighted by atomic mass is 10.0. The number of ether oxygens (including phenoxy) is 1. The number of benzene rings is 1. The predicted octanol–water partition coefficient (Wildman–Crippen LogP) is 2.38. The molecule has 120 valence electrons. The van der Waals surface area contributed by atoms with Gasteiger partial charge in [0.25, 0.3) is 0 Å². The second-order valence-electron chi connectivity index (χ2n) is 5.57. The number of nitrogens with zero attached hydrogens (tertiary/aromatic N) is 2. The molecular formula is C18H21N3O2. The van der Waals surface area contributed by atoms with Crippen LogP contribution in [0.4, 0.5) is 5.69 Å². The number of anilines is 1. The molecule has 23 heavy (non-hydrogen) atoms. The first kappa shape index (κ1) is 15.5. The number of hydrogen-bond donors (Lipinski definition) is 1. The molecular weight excluding hydrogens is 290 g/mol. The fourth-order valence-corrected chi connectivity index (χ4v) is 2.83. The average molecular weight is 311 g/mol. The number of hydrogen-bond acceptors (Lipinski definition) is 4. The van der Waals surface area contributed by atoms with E-state index in [0.717, 1.165) is 30.8 Å². The molecule has 0 radical (unpaired) electrons. The van der Waals surface area contributed by atoms with Gasteiger partial charge in [0.1, 0.15) is 0 Å². The number of methoxy groups -OCH3 is 1. The lowest BCUT2D eigenvalue weighted by molar-refractivity contribution is -0.121. The van der Waals surface area contributed by atoms with Crippen molar-refractivity contribution in [1.82, 2.24) is 10.3 Å². The Morgan fingerprint density at radius 3 is 2.83 bits per heavy atom. The van der Waals surface area contributed by atoms with Crippen LogP contribution in [0.1, 0.15) is 18.5 Å². The molecule has 1 unspecified atom stereocenters. The van der Waals surface area contributed by atoms with E-state index in [2.05, 4.69) is 10.3 Å². The number of aromatic nitrogens is 1. The van der Waals surface area contributed by atoms with Crippen molar-refractivity contribution in [2.75, 3.05) is 18.6 Å². The maximum atomic E-state index is 12.7. The summed E-state index contributed by atoms with van der Waals surface area (Å²) in [6.45, 7) is 1.33. The van der Waals surface area contributed by atoms with Crippen LogP contribution in [-0.4, -0.2) is 30.6 Å². The first-order chi connectivity index (χ1) is 11.3. The normalized spacial score (nSPS) is 18.0. The molecule has 1 aromatic heterocycles. The molecule has 1 atom stereocenters. The van der Waals surface area contributed by atoms with Gasteiger partial charge in [-0.2, -0.15) is 0 Å². The zero-order valence-corrected chi connectivity index (χ0v) is 13.2. The van der Waals surface area contributed by atoms with Crippen molar-refractivity contribution in [3.63, 3.8) is 0 Å². The summed E-state index contributed by atoms with van der Waals surface area (Å²) < 4.78 is 5.13. The van der Waals surface area contributed by atoms with Gasteiger partial charge in [-0.25, -0.2) is 4.98 Å². The largest absolute Gasteiger partial charge is 0.481 e. The first-order valence-electron chi connectivity index (χ1n) is 7.87. The molecule has 1 N–H and O–H groups in total. The van der Waals surface area contributed by atoms with Gasteiger partial charge in [-0.1, -0.05) is 24.3 Å². The average Bonchev–Trinajstić information content (AvgIpc) is 2.62. The van der Waals surface area contributed by atoms with Crippen LogP contribution in [0.5, 0.6) is 5.88 Å². The molecule has 1 aliphatic heterocycles. The highest BCUT2D eigenvalue weighted by Crippen LogP contribution is 2.21. The van der Waals surface area contributed by atoms with Gasteiger partial charge in [0.05, 0.1) is 18.8 Å². The molecule has 5 nitrogen and oxygen atoms in total. The number of rotatable bonds is 5. The van der Waals surface area contributed by atoms with Gasteiger partial charge in [0, 0.05) is 24.8 Å². The van der Waals surface area contributed by atoms with Gasteiger partial charge in [0.15, 0.2) is 0 Å². The van der Waals surface area contributed by atoms with E-state index in [1.165, 1.54) is 0 Å². The van der Waals surface area contributed by atoms with Crippen LogP contribution < -0.4 is 15.0 Å². The molecule has 1 fully saturated rings. The third-order valence-corrected chi connectivity index (χ3v) is 4.03. The Labute approximate surface area is 136 Å². The minimum absolute atomic E-state index is 0.130. The Balaban J connectivity index is 1.64. The summed E-state index contributed by atoms with van der Waals surface area (Å²) in [6, 6.07) is 15.3. The van der Waals surface area contributed by atoms with E-state index >= 15 is 0 Å².